The van der Waals surface area contributed by atoms with Gasteiger partial charge in [-0.3, -0.25) is 4.79 Å². The Hall–Kier alpha value is -1.35. The minimum absolute atomic E-state index is 0.111. The molecule has 1 unspecified atom stereocenters. The summed E-state index contributed by atoms with van der Waals surface area (Å²) in [5.41, 5.74) is 2.13. The van der Waals surface area contributed by atoms with E-state index in [1.807, 2.05) is 12.1 Å². The van der Waals surface area contributed by atoms with Crippen LogP contribution in [0.5, 0.6) is 0 Å². The van der Waals surface area contributed by atoms with Crippen LogP contribution in [0.4, 0.5) is 5.69 Å². The van der Waals surface area contributed by atoms with Gasteiger partial charge >= 0.3 is 0 Å². The Bertz CT molecular complexity index is 396. The maximum absolute atomic E-state index is 12.0. The highest BCUT2D eigenvalue weighted by molar-refractivity contribution is 5.92. The van der Waals surface area contributed by atoms with Crippen LogP contribution in [0.2, 0.25) is 0 Å². The molecule has 0 saturated carbocycles. The number of benzene rings is 1. The van der Waals surface area contributed by atoms with E-state index in [9.17, 15) is 4.79 Å². The molecular weight excluding hydrogens is 248 g/mol. The van der Waals surface area contributed by atoms with Crippen LogP contribution in [0, 0.1) is 5.92 Å². The lowest BCUT2D eigenvalue weighted by Gasteiger charge is -2.15. The Morgan fingerprint density at radius 2 is 1.70 bits per heavy atom. The molecule has 1 amide bonds. The fraction of sp³-hybridized carbons (Fsp3) is 0.588. The molecule has 0 heterocycles. The highest BCUT2D eigenvalue weighted by Crippen LogP contribution is 2.17. The summed E-state index contributed by atoms with van der Waals surface area (Å²) in [5, 5.41) is 6.45. The lowest BCUT2D eigenvalue weighted by Crippen LogP contribution is -2.22. The molecule has 0 aromatic heterocycles. The maximum Gasteiger partial charge on any atom is 0.227 e. The number of carbonyl (C=O) groups excluding carboxylic acids is 1. The summed E-state index contributed by atoms with van der Waals surface area (Å²) in [6, 6.07) is 8.48. The molecule has 0 aliphatic carbocycles. The fourth-order valence-electron chi connectivity index (χ4n) is 2.24. The molecule has 20 heavy (non-hydrogen) atoms. The van der Waals surface area contributed by atoms with Crippen molar-refractivity contribution in [3.8, 4) is 0 Å². The van der Waals surface area contributed by atoms with Crippen molar-refractivity contribution in [2.24, 2.45) is 5.92 Å². The Balaban J connectivity index is 2.60. The van der Waals surface area contributed by atoms with Crippen molar-refractivity contribution in [2.45, 2.75) is 53.0 Å². The molecule has 1 atom stereocenters. The van der Waals surface area contributed by atoms with E-state index in [4.69, 9.17) is 0 Å². The van der Waals surface area contributed by atoms with Gasteiger partial charge in [-0.15, -0.1) is 0 Å². The molecule has 1 rings (SSSR count). The molecule has 0 aliphatic rings. The van der Waals surface area contributed by atoms with Crippen molar-refractivity contribution in [1.29, 1.82) is 0 Å². The first kappa shape index (κ1) is 16.7. The Morgan fingerprint density at radius 1 is 1.10 bits per heavy atom. The normalized spacial score (nSPS) is 12.4. The molecule has 0 radical (unpaired) electrons. The zero-order chi connectivity index (χ0) is 15.0. The number of hydrogen-bond donors (Lipinski definition) is 2. The minimum atomic E-state index is 0.111. The standard InChI is InChI=1S/C17H28N2O/c1-5-12-18-13(4)15-8-10-16(11-9-15)19-17(20)14(6-2)7-3/h8-11,13-14,18H,5-7,12H2,1-4H3,(H,19,20). The van der Waals surface area contributed by atoms with Crippen LogP contribution in [0.3, 0.4) is 0 Å². The van der Waals surface area contributed by atoms with E-state index in [-0.39, 0.29) is 11.8 Å². The summed E-state index contributed by atoms with van der Waals surface area (Å²) in [6.07, 6.45) is 2.91. The van der Waals surface area contributed by atoms with Crippen molar-refractivity contribution in [3.63, 3.8) is 0 Å². The van der Waals surface area contributed by atoms with Crippen molar-refractivity contribution in [2.75, 3.05) is 11.9 Å². The molecular formula is C17H28N2O. The predicted octanol–water partition coefficient (Wildman–Crippen LogP) is 4.12. The van der Waals surface area contributed by atoms with Crippen LogP contribution in [0.25, 0.3) is 0 Å². The van der Waals surface area contributed by atoms with Gasteiger partial charge < -0.3 is 10.6 Å². The van der Waals surface area contributed by atoms with Gasteiger partial charge in [0.1, 0.15) is 0 Å². The first-order chi connectivity index (χ1) is 9.62. The van der Waals surface area contributed by atoms with Crippen molar-refractivity contribution in [1.82, 2.24) is 5.32 Å². The van der Waals surface area contributed by atoms with Crippen LogP contribution in [0.1, 0.15) is 58.6 Å². The van der Waals surface area contributed by atoms with Gasteiger partial charge in [0, 0.05) is 17.6 Å². The molecule has 0 spiro atoms. The second-order valence-corrected chi connectivity index (χ2v) is 5.30. The van der Waals surface area contributed by atoms with Crippen molar-refractivity contribution in [3.05, 3.63) is 29.8 Å². The van der Waals surface area contributed by atoms with Crippen molar-refractivity contribution >= 4 is 11.6 Å². The van der Waals surface area contributed by atoms with Crippen LogP contribution < -0.4 is 10.6 Å². The summed E-state index contributed by atoms with van der Waals surface area (Å²) in [6.45, 7) is 9.45. The Kier molecular flexibility index (Phi) is 7.31. The molecule has 3 heteroatoms. The van der Waals surface area contributed by atoms with E-state index in [0.29, 0.717) is 6.04 Å². The minimum Gasteiger partial charge on any atom is -0.326 e. The first-order valence-corrected chi connectivity index (χ1v) is 7.76. The molecule has 0 saturated heterocycles. The largest absolute Gasteiger partial charge is 0.326 e. The topological polar surface area (TPSA) is 41.1 Å². The number of carbonyl (C=O) groups is 1. The summed E-state index contributed by atoms with van der Waals surface area (Å²) in [4.78, 5) is 12.0. The highest BCUT2D eigenvalue weighted by atomic mass is 16.1. The van der Waals surface area contributed by atoms with E-state index in [0.717, 1.165) is 31.5 Å². The fourth-order valence-corrected chi connectivity index (χ4v) is 2.24. The molecule has 2 N–H and O–H groups in total. The van der Waals surface area contributed by atoms with Gasteiger partial charge in [-0.2, -0.15) is 0 Å². The van der Waals surface area contributed by atoms with Gasteiger partial charge in [-0.25, -0.2) is 0 Å². The van der Waals surface area contributed by atoms with Gasteiger partial charge in [0.2, 0.25) is 5.91 Å². The lowest BCUT2D eigenvalue weighted by molar-refractivity contribution is -0.120. The van der Waals surface area contributed by atoms with E-state index < -0.39 is 0 Å². The third-order valence-corrected chi connectivity index (χ3v) is 3.74. The third-order valence-electron chi connectivity index (χ3n) is 3.74. The second-order valence-electron chi connectivity index (χ2n) is 5.30. The van der Waals surface area contributed by atoms with E-state index in [1.165, 1.54) is 5.56 Å². The summed E-state index contributed by atoms with van der Waals surface area (Å²) < 4.78 is 0. The smallest absolute Gasteiger partial charge is 0.227 e. The first-order valence-electron chi connectivity index (χ1n) is 7.76. The number of rotatable bonds is 8. The van der Waals surface area contributed by atoms with E-state index in [2.05, 4.69) is 50.5 Å². The molecule has 3 nitrogen and oxygen atoms in total. The van der Waals surface area contributed by atoms with Gasteiger partial charge in [-0.05, 0) is 50.4 Å². The van der Waals surface area contributed by atoms with E-state index >= 15 is 0 Å². The highest BCUT2D eigenvalue weighted by Gasteiger charge is 2.14. The van der Waals surface area contributed by atoms with Gasteiger partial charge in [0.15, 0.2) is 0 Å². The molecule has 0 aliphatic heterocycles. The zero-order valence-electron chi connectivity index (χ0n) is 13.2. The average molecular weight is 276 g/mol. The Labute approximate surface area is 123 Å². The number of hydrogen-bond acceptors (Lipinski definition) is 2. The van der Waals surface area contributed by atoms with Crippen LogP contribution >= 0.6 is 0 Å². The molecule has 112 valence electrons. The molecule has 1 aromatic rings. The lowest BCUT2D eigenvalue weighted by atomic mass is 10.0. The maximum atomic E-state index is 12.0. The third kappa shape index (κ3) is 4.97. The predicted molar refractivity (Wildman–Crippen MR) is 85.9 cm³/mol. The monoisotopic (exact) mass is 276 g/mol. The second kappa shape index (κ2) is 8.75. The van der Waals surface area contributed by atoms with Gasteiger partial charge in [0.25, 0.3) is 0 Å². The van der Waals surface area contributed by atoms with Crippen molar-refractivity contribution < 1.29 is 4.79 Å². The van der Waals surface area contributed by atoms with Crippen LogP contribution in [0.15, 0.2) is 24.3 Å². The molecule has 0 bridgehead atoms. The Morgan fingerprint density at radius 3 is 2.20 bits per heavy atom. The average Bonchev–Trinajstić information content (AvgIpc) is 2.46. The zero-order valence-corrected chi connectivity index (χ0v) is 13.2. The number of amides is 1. The van der Waals surface area contributed by atoms with Gasteiger partial charge in [-0.1, -0.05) is 32.9 Å². The summed E-state index contributed by atoms with van der Waals surface area (Å²) >= 11 is 0. The van der Waals surface area contributed by atoms with E-state index in [1.54, 1.807) is 0 Å². The SMILES string of the molecule is CCCNC(C)c1ccc(NC(=O)C(CC)CC)cc1. The quantitative estimate of drug-likeness (QED) is 0.750. The van der Waals surface area contributed by atoms with Crippen LogP contribution in [-0.2, 0) is 4.79 Å². The summed E-state index contributed by atoms with van der Waals surface area (Å²) in [5.74, 6) is 0.236. The summed E-state index contributed by atoms with van der Waals surface area (Å²) in [7, 11) is 0. The molecule has 0 fully saturated rings. The number of nitrogens with one attached hydrogen (secondary N) is 2. The van der Waals surface area contributed by atoms with Gasteiger partial charge in [0.05, 0.1) is 0 Å². The number of anilines is 1. The molecule has 1 aromatic carbocycles. The van der Waals surface area contributed by atoms with Crippen LogP contribution in [-0.4, -0.2) is 12.5 Å².